The number of nitrogens with one attached hydrogen (secondary N) is 1. The molecule has 0 heterocycles. The maximum Gasteiger partial charge on any atom is 0.270 e. The van der Waals surface area contributed by atoms with Crippen molar-refractivity contribution >= 4 is 11.6 Å². The first-order valence-electron chi connectivity index (χ1n) is 5.93. The first-order chi connectivity index (χ1) is 9.43. The van der Waals surface area contributed by atoms with Crippen LogP contribution in [0, 0.1) is 10.1 Å². The lowest BCUT2D eigenvalue weighted by molar-refractivity contribution is -0.384. The fourth-order valence-electron chi connectivity index (χ4n) is 1.47. The maximum atomic E-state index is 10.8. The molecule has 0 fully saturated rings. The fourth-order valence-corrected chi connectivity index (χ4v) is 1.47. The van der Waals surface area contributed by atoms with Gasteiger partial charge >= 0.3 is 0 Å². The molecule has 0 saturated carbocycles. The zero-order valence-corrected chi connectivity index (χ0v) is 11.5. The number of ether oxygens (including phenoxy) is 1. The minimum absolute atomic E-state index is 0.00975. The molecular weight excluding hydrogens is 260 g/mol. The molecule has 7 nitrogen and oxygen atoms in total. The molecule has 0 amide bonds. The molecule has 0 aliphatic rings. The fraction of sp³-hybridized carbons (Fsp3) is 0.308. The Morgan fingerprint density at radius 3 is 2.85 bits per heavy atom. The number of methoxy groups -OCH3 is 1. The Kier molecular flexibility index (Phi) is 5.52. The van der Waals surface area contributed by atoms with Crippen LogP contribution in [0.25, 0.3) is 0 Å². The van der Waals surface area contributed by atoms with E-state index in [-0.39, 0.29) is 18.2 Å². The lowest BCUT2D eigenvalue weighted by Crippen LogP contribution is -2.32. The standard InChI is InChI=1S/C13H18N4O3/c1-9(2)7-15-13(14)16-8-10-6-11(17(18)19)4-5-12(10)20-3/h4-6H,1,7-8H2,2-3H3,(H3,14,15,16). The lowest BCUT2D eigenvalue weighted by atomic mass is 10.2. The lowest BCUT2D eigenvalue weighted by Gasteiger charge is -2.08. The average molecular weight is 278 g/mol. The van der Waals surface area contributed by atoms with Gasteiger partial charge in [-0.3, -0.25) is 10.1 Å². The molecule has 0 saturated heterocycles. The highest BCUT2D eigenvalue weighted by Crippen LogP contribution is 2.24. The van der Waals surface area contributed by atoms with Crippen LogP contribution < -0.4 is 15.8 Å². The number of nitrogens with zero attached hydrogens (tertiary/aromatic N) is 2. The van der Waals surface area contributed by atoms with E-state index in [0.717, 1.165) is 5.57 Å². The van der Waals surface area contributed by atoms with Gasteiger partial charge in [-0.05, 0) is 13.0 Å². The number of rotatable bonds is 6. The summed E-state index contributed by atoms with van der Waals surface area (Å²) in [6.45, 7) is 6.32. The second-order valence-electron chi connectivity index (χ2n) is 4.27. The smallest absolute Gasteiger partial charge is 0.270 e. The quantitative estimate of drug-likeness (QED) is 0.270. The second kappa shape index (κ2) is 7.13. The molecule has 1 rings (SSSR count). The summed E-state index contributed by atoms with van der Waals surface area (Å²) < 4.78 is 5.14. The van der Waals surface area contributed by atoms with Crippen molar-refractivity contribution in [3.63, 3.8) is 0 Å². The Labute approximate surface area is 117 Å². The zero-order chi connectivity index (χ0) is 15.1. The summed E-state index contributed by atoms with van der Waals surface area (Å²) in [4.78, 5) is 14.4. The predicted octanol–water partition coefficient (Wildman–Crippen LogP) is 1.58. The van der Waals surface area contributed by atoms with E-state index < -0.39 is 4.92 Å². The monoisotopic (exact) mass is 278 g/mol. The minimum Gasteiger partial charge on any atom is -0.496 e. The third-order valence-electron chi connectivity index (χ3n) is 2.47. The number of aliphatic imine (C=N–C) groups is 1. The van der Waals surface area contributed by atoms with Crippen LogP contribution in [-0.4, -0.2) is 24.5 Å². The van der Waals surface area contributed by atoms with Crippen LogP contribution in [0.3, 0.4) is 0 Å². The number of nitro benzene ring substituents is 1. The van der Waals surface area contributed by atoms with Crippen LogP contribution in [0.1, 0.15) is 12.5 Å². The predicted molar refractivity (Wildman–Crippen MR) is 77.8 cm³/mol. The number of nitrogens with two attached hydrogens (primary N) is 1. The van der Waals surface area contributed by atoms with Crippen molar-refractivity contribution in [1.82, 2.24) is 5.32 Å². The molecule has 0 aliphatic heterocycles. The summed E-state index contributed by atoms with van der Waals surface area (Å²) in [5.41, 5.74) is 7.20. The van der Waals surface area contributed by atoms with Gasteiger partial charge in [0.1, 0.15) is 5.75 Å². The number of non-ortho nitro benzene ring substituents is 1. The third kappa shape index (κ3) is 4.60. The van der Waals surface area contributed by atoms with Crippen molar-refractivity contribution in [2.45, 2.75) is 13.5 Å². The molecule has 0 aliphatic carbocycles. The summed E-state index contributed by atoms with van der Waals surface area (Å²) >= 11 is 0. The highest BCUT2D eigenvalue weighted by molar-refractivity contribution is 5.78. The van der Waals surface area contributed by atoms with Gasteiger partial charge < -0.3 is 15.8 Å². The molecule has 7 heteroatoms. The minimum atomic E-state index is -0.463. The summed E-state index contributed by atoms with van der Waals surface area (Å²) in [5.74, 6) is 0.786. The van der Waals surface area contributed by atoms with Crippen molar-refractivity contribution in [3.05, 3.63) is 46.0 Å². The highest BCUT2D eigenvalue weighted by Gasteiger charge is 2.10. The largest absolute Gasteiger partial charge is 0.496 e. The molecule has 0 bridgehead atoms. The molecule has 0 atom stereocenters. The van der Waals surface area contributed by atoms with E-state index in [9.17, 15) is 10.1 Å². The number of guanidine groups is 1. The zero-order valence-electron chi connectivity index (χ0n) is 11.5. The normalized spacial score (nSPS) is 11.0. The first kappa shape index (κ1) is 15.5. The molecule has 3 N–H and O–H groups in total. The van der Waals surface area contributed by atoms with E-state index in [1.165, 1.54) is 19.2 Å². The van der Waals surface area contributed by atoms with E-state index >= 15 is 0 Å². The van der Waals surface area contributed by atoms with Gasteiger partial charge in [0.05, 0.1) is 18.6 Å². The van der Waals surface area contributed by atoms with Crippen LogP contribution in [0.15, 0.2) is 35.3 Å². The van der Waals surface area contributed by atoms with Crippen LogP contribution in [0.5, 0.6) is 5.75 Å². The van der Waals surface area contributed by atoms with Gasteiger partial charge in [-0.15, -0.1) is 0 Å². The molecule has 0 aromatic heterocycles. The van der Waals surface area contributed by atoms with Crippen molar-refractivity contribution < 1.29 is 9.66 Å². The van der Waals surface area contributed by atoms with Gasteiger partial charge in [-0.25, -0.2) is 4.99 Å². The molecule has 0 unspecified atom stereocenters. The van der Waals surface area contributed by atoms with Gasteiger partial charge in [0.15, 0.2) is 5.96 Å². The molecule has 1 aromatic rings. The van der Waals surface area contributed by atoms with Crippen LogP contribution in [0.2, 0.25) is 0 Å². The van der Waals surface area contributed by atoms with E-state index in [1.807, 2.05) is 6.92 Å². The Bertz CT molecular complexity index is 540. The Morgan fingerprint density at radius 2 is 2.30 bits per heavy atom. The average Bonchev–Trinajstić information content (AvgIpc) is 2.42. The highest BCUT2D eigenvalue weighted by atomic mass is 16.6. The maximum absolute atomic E-state index is 10.8. The summed E-state index contributed by atoms with van der Waals surface area (Å²) in [6, 6.07) is 4.35. The van der Waals surface area contributed by atoms with E-state index in [2.05, 4.69) is 16.9 Å². The Morgan fingerprint density at radius 1 is 1.60 bits per heavy atom. The number of hydrogen-bond acceptors (Lipinski definition) is 4. The third-order valence-corrected chi connectivity index (χ3v) is 2.47. The molecule has 20 heavy (non-hydrogen) atoms. The van der Waals surface area contributed by atoms with Crippen molar-refractivity contribution in [2.24, 2.45) is 10.7 Å². The van der Waals surface area contributed by atoms with Crippen molar-refractivity contribution in [3.8, 4) is 5.75 Å². The SMILES string of the molecule is C=C(C)CNC(N)=NCc1cc([N+](=O)[O-])ccc1OC. The molecule has 0 spiro atoms. The van der Waals surface area contributed by atoms with Crippen LogP contribution in [-0.2, 0) is 6.54 Å². The van der Waals surface area contributed by atoms with E-state index in [1.54, 1.807) is 6.07 Å². The summed E-state index contributed by atoms with van der Waals surface area (Å²) in [5, 5.41) is 13.6. The molecule has 1 aromatic carbocycles. The summed E-state index contributed by atoms with van der Waals surface area (Å²) in [7, 11) is 1.50. The molecular formula is C13H18N4O3. The van der Waals surface area contributed by atoms with E-state index in [0.29, 0.717) is 17.9 Å². The van der Waals surface area contributed by atoms with Crippen molar-refractivity contribution in [2.75, 3.05) is 13.7 Å². The van der Waals surface area contributed by atoms with Gasteiger partial charge in [-0.2, -0.15) is 0 Å². The van der Waals surface area contributed by atoms with Gasteiger partial charge in [0, 0.05) is 24.2 Å². The molecule has 0 radical (unpaired) electrons. The van der Waals surface area contributed by atoms with Crippen molar-refractivity contribution in [1.29, 1.82) is 0 Å². The van der Waals surface area contributed by atoms with Gasteiger partial charge in [-0.1, -0.05) is 12.2 Å². The van der Waals surface area contributed by atoms with E-state index in [4.69, 9.17) is 10.5 Å². The topological polar surface area (TPSA) is 103 Å². The number of hydrogen-bond donors (Lipinski definition) is 2. The Hall–Kier alpha value is -2.57. The summed E-state index contributed by atoms with van der Waals surface area (Å²) in [6.07, 6.45) is 0. The van der Waals surface area contributed by atoms with Crippen LogP contribution >= 0.6 is 0 Å². The molecule has 108 valence electrons. The van der Waals surface area contributed by atoms with Gasteiger partial charge in [0.25, 0.3) is 5.69 Å². The second-order valence-corrected chi connectivity index (χ2v) is 4.27. The number of nitro groups is 1. The number of benzene rings is 1. The Balaban J connectivity index is 2.84. The first-order valence-corrected chi connectivity index (χ1v) is 5.93. The van der Waals surface area contributed by atoms with Crippen LogP contribution in [0.4, 0.5) is 5.69 Å². The van der Waals surface area contributed by atoms with Gasteiger partial charge in [0.2, 0.25) is 0 Å².